The highest BCUT2D eigenvalue weighted by Gasteiger charge is 2.11. The summed E-state index contributed by atoms with van der Waals surface area (Å²) >= 11 is 0. The molecule has 0 spiro atoms. The van der Waals surface area contributed by atoms with Gasteiger partial charge in [-0.15, -0.1) is 0 Å². The lowest BCUT2D eigenvalue weighted by Crippen LogP contribution is -2.14. The summed E-state index contributed by atoms with van der Waals surface area (Å²) in [5, 5.41) is 2.36. The fraction of sp³-hybridized carbons (Fsp3) is 0.0667. The van der Waals surface area contributed by atoms with Crippen molar-refractivity contribution in [2.45, 2.75) is 6.92 Å². The molecule has 3 rings (SSSR count). The highest BCUT2D eigenvalue weighted by atomic mass is 19.1. The molecule has 0 unspecified atom stereocenters. The van der Waals surface area contributed by atoms with Crippen molar-refractivity contribution < 1.29 is 13.6 Å². The molecule has 0 saturated carbocycles. The minimum atomic E-state index is -0.690. The van der Waals surface area contributed by atoms with E-state index in [0.29, 0.717) is 5.56 Å². The normalized spacial score (nSPS) is 10.8. The van der Waals surface area contributed by atoms with Crippen LogP contribution in [0.1, 0.15) is 16.2 Å². The molecular formula is C15H11F2N3O. The third kappa shape index (κ3) is 2.47. The third-order valence-corrected chi connectivity index (χ3v) is 3.15. The number of hydrogen-bond acceptors (Lipinski definition) is 2. The quantitative estimate of drug-likeness (QED) is 0.787. The smallest absolute Gasteiger partial charge is 0.257 e. The molecular weight excluding hydrogens is 276 g/mol. The van der Waals surface area contributed by atoms with Gasteiger partial charge in [-0.2, -0.15) is 0 Å². The molecule has 0 atom stereocenters. The van der Waals surface area contributed by atoms with Gasteiger partial charge in [0.15, 0.2) is 0 Å². The summed E-state index contributed by atoms with van der Waals surface area (Å²) < 4.78 is 28.4. The van der Waals surface area contributed by atoms with Crippen molar-refractivity contribution in [3.8, 4) is 0 Å². The zero-order valence-electron chi connectivity index (χ0n) is 11.1. The lowest BCUT2D eigenvalue weighted by atomic mass is 10.2. The third-order valence-electron chi connectivity index (χ3n) is 3.15. The largest absolute Gasteiger partial charge is 0.319 e. The molecule has 0 aliphatic rings. The number of anilines is 1. The molecule has 3 aromatic rings. The average molecular weight is 287 g/mol. The number of benzene rings is 1. The van der Waals surface area contributed by atoms with E-state index >= 15 is 0 Å². The number of halogens is 2. The van der Waals surface area contributed by atoms with Gasteiger partial charge in [0, 0.05) is 12.3 Å². The lowest BCUT2D eigenvalue weighted by Gasteiger charge is -2.07. The number of nitrogens with one attached hydrogen (secondary N) is 1. The number of aromatic nitrogens is 2. The molecule has 2 heterocycles. The van der Waals surface area contributed by atoms with E-state index in [1.54, 1.807) is 35.9 Å². The first-order chi connectivity index (χ1) is 10.0. The molecule has 0 saturated heterocycles. The summed E-state index contributed by atoms with van der Waals surface area (Å²) in [5.41, 5.74) is 0.982. The Morgan fingerprint density at radius 1 is 1.24 bits per heavy atom. The Balaban J connectivity index is 1.93. The minimum Gasteiger partial charge on any atom is -0.319 e. The Morgan fingerprint density at radius 3 is 2.86 bits per heavy atom. The number of rotatable bonds is 2. The first kappa shape index (κ1) is 13.2. The molecule has 1 N–H and O–H groups in total. The van der Waals surface area contributed by atoms with Gasteiger partial charge in [-0.25, -0.2) is 13.8 Å². The zero-order valence-corrected chi connectivity index (χ0v) is 11.1. The Kier molecular flexibility index (Phi) is 3.13. The summed E-state index contributed by atoms with van der Waals surface area (Å²) in [6.45, 7) is 1.81. The molecule has 1 aromatic carbocycles. The van der Waals surface area contributed by atoms with Crippen molar-refractivity contribution in [2.75, 3.05) is 5.32 Å². The number of fused-ring (bicyclic) bond motifs is 1. The highest BCUT2D eigenvalue weighted by molar-refractivity contribution is 6.04. The summed E-state index contributed by atoms with van der Waals surface area (Å²) in [5.74, 6) is -1.09. The van der Waals surface area contributed by atoms with Crippen LogP contribution in [0.25, 0.3) is 5.52 Å². The number of pyridine rings is 1. The van der Waals surface area contributed by atoms with Crippen LogP contribution in [-0.2, 0) is 0 Å². The van der Waals surface area contributed by atoms with Crippen molar-refractivity contribution in [3.05, 3.63) is 65.7 Å². The number of hydrogen-bond donors (Lipinski definition) is 1. The fourth-order valence-electron chi connectivity index (χ4n) is 2.04. The summed E-state index contributed by atoms with van der Waals surface area (Å²) in [4.78, 5) is 16.2. The predicted molar refractivity (Wildman–Crippen MR) is 74.2 cm³/mol. The van der Waals surface area contributed by atoms with E-state index in [4.69, 9.17) is 0 Å². The average Bonchev–Trinajstić information content (AvgIpc) is 2.84. The first-order valence-corrected chi connectivity index (χ1v) is 6.25. The van der Waals surface area contributed by atoms with Crippen LogP contribution >= 0.6 is 0 Å². The summed E-state index contributed by atoms with van der Waals surface area (Å²) in [6.07, 6.45) is 3.29. The molecule has 21 heavy (non-hydrogen) atoms. The topological polar surface area (TPSA) is 46.4 Å². The van der Waals surface area contributed by atoms with Gasteiger partial charge in [0.1, 0.15) is 17.5 Å². The Labute approximate surface area is 119 Å². The van der Waals surface area contributed by atoms with Crippen molar-refractivity contribution in [1.82, 2.24) is 9.38 Å². The van der Waals surface area contributed by atoms with Crippen LogP contribution in [0.3, 0.4) is 0 Å². The van der Waals surface area contributed by atoms with Gasteiger partial charge in [0.05, 0.1) is 23.0 Å². The number of carbonyl (C=O) groups excluding carboxylic acids is 1. The van der Waals surface area contributed by atoms with Gasteiger partial charge < -0.3 is 9.72 Å². The first-order valence-electron chi connectivity index (χ1n) is 6.25. The van der Waals surface area contributed by atoms with Crippen LogP contribution in [0.4, 0.5) is 14.5 Å². The van der Waals surface area contributed by atoms with Gasteiger partial charge in [-0.3, -0.25) is 4.79 Å². The maximum Gasteiger partial charge on any atom is 0.257 e. The Morgan fingerprint density at radius 2 is 2.05 bits per heavy atom. The molecule has 4 nitrogen and oxygen atoms in total. The Hall–Kier alpha value is -2.76. The second-order valence-corrected chi connectivity index (χ2v) is 4.60. The van der Waals surface area contributed by atoms with E-state index in [-0.39, 0.29) is 5.69 Å². The van der Waals surface area contributed by atoms with Crippen molar-refractivity contribution >= 4 is 17.1 Å². The lowest BCUT2D eigenvalue weighted by molar-refractivity contribution is 0.102. The Bertz CT molecular complexity index is 842. The highest BCUT2D eigenvalue weighted by Crippen LogP contribution is 2.17. The predicted octanol–water partition coefficient (Wildman–Crippen LogP) is 3.17. The SMILES string of the molecule is Cc1ncc2ccc(C(=O)Nc3cc(F)ccc3F)cn12. The van der Waals surface area contributed by atoms with E-state index in [1.165, 1.54) is 0 Å². The van der Waals surface area contributed by atoms with Gasteiger partial charge in [0.25, 0.3) is 5.91 Å². The second kappa shape index (κ2) is 4.97. The van der Waals surface area contributed by atoms with Crippen LogP contribution < -0.4 is 5.32 Å². The van der Waals surface area contributed by atoms with E-state index in [2.05, 4.69) is 10.3 Å². The maximum absolute atomic E-state index is 13.5. The molecule has 0 bridgehead atoms. The molecule has 1 amide bonds. The van der Waals surface area contributed by atoms with Crippen molar-refractivity contribution in [2.24, 2.45) is 0 Å². The second-order valence-electron chi connectivity index (χ2n) is 4.60. The van der Waals surface area contributed by atoms with E-state index in [1.807, 2.05) is 0 Å². The fourth-order valence-corrected chi connectivity index (χ4v) is 2.04. The molecule has 0 fully saturated rings. The van der Waals surface area contributed by atoms with Crippen LogP contribution in [0.2, 0.25) is 0 Å². The zero-order chi connectivity index (χ0) is 15.0. The molecule has 0 radical (unpaired) electrons. The van der Waals surface area contributed by atoms with Gasteiger partial charge in [-0.05, 0) is 31.2 Å². The van der Waals surface area contributed by atoms with E-state index < -0.39 is 17.5 Å². The van der Waals surface area contributed by atoms with Crippen molar-refractivity contribution in [3.63, 3.8) is 0 Å². The number of aryl methyl sites for hydroxylation is 1. The van der Waals surface area contributed by atoms with Gasteiger partial charge in [0.2, 0.25) is 0 Å². The number of amides is 1. The maximum atomic E-state index is 13.5. The minimum absolute atomic E-state index is 0.192. The molecule has 6 heteroatoms. The van der Waals surface area contributed by atoms with E-state index in [9.17, 15) is 13.6 Å². The van der Waals surface area contributed by atoms with Crippen molar-refractivity contribution in [1.29, 1.82) is 0 Å². The molecule has 106 valence electrons. The van der Waals surface area contributed by atoms with Crippen LogP contribution in [0.15, 0.2) is 42.7 Å². The van der Waals surface area contributed by atoms with Gasteiger partial charge >= 0.3 is 0 Å². The van der Waals surface area contributed by atoms with Crippen LogP contribution in [0, 0.1) is 18.6 Å². The molecule has 0 aliphatic carbocycles. The number of imidazole rings is 1. The van der Waals surface area contributed by atoms with Crippen LogP contribution in [0.5, 0.6) is 0 Å². The van der Waals surface area contributed by atoms with E-state index in [0.717, 1.165) is 29.5 Å². The standard InChI is InChI=1S/C15H11F2N3O/c1-9-18-7-12-4-2-10(8-20(9)12)15(21)19-14-6-11(16)3-5-13(14)17/h2-8H,1H3,(H,19,21). The number of carbonyl (C=O) groups is 1. The number of nitrogens with zero attached hydrogens (tertiary/aromatic N) is 2. The van der Waals surface area contributed by atoms with Crippen LogP contribution in [-0.4, -0.2) is 15.3 Å². The molecule has 0 aliphatic heterocycles. The summed E-state index contributed by atoms with van der Waals surface area (Å²) in [6, 6.07) is 6.23. The summed E-state index contributed by atoms with van der Waals surface area (Å²) in [7, 11) is 0. The molecule has 2 aromatic heterocycles. The monoisotopic (exact) mass is 287 g/mol. The van der Waals surface area contributed by atoms with Gasteiger partial charge in [-0.1, -0.05) is 0 Å².